The number of aryl methyl sites for hydroxylation is 1. The van der Waals surface area contributed by atoms with Crippen LogP contribution in [0.25, 0.3) is 0 Å². The Bertz CT molecular complexity index is 740. The summed E-state index contributed by atoms with van der Waals surface area (Å²) >= 11 is 1.43. The van der Waals surface area contributed by atoms with Crippen molar-refractivity contribution in [1.29, 1.82) is 0 Å². The molecule has 126 valence electrons. The molecule has 2 heterocycles. The first-order valence-electron chi connectivity index (χ1n) is 7.31. The van der Waals surface area contributed by atoms with Gasteiger partial charge in [0.05, 0.1) is 10.3 Å². The summed E-state index contributed by atoms with van der Waals surface area (Å²) < 4.78 is 31.3. The molecule has 0 radical (unpaired) electrons. The third-order valence-corrected chi connectivity index (χ3v) is 6.31. The van der Waals surface area contributed by atoms with Crippen LogP contribution in [-0.2, 0) is 10.0 Å². The second-order valence-electron chi connectivity index (χ2n) is 4.86. The van der Waals surface area contributed by atoms with Gasteiger partial charge in [-0.2, -0.15) is 9.29 Å². The van der Waals surface area contributed by atoms with Crippen molar-refractivity contribution in [3.8, 4) is 0 Å². The molecule has 0 aliphatic carbocycles. The van der Waals surface area contributed by atoms with Crippen molar-refractivity contribution in [3.63, 3.8) is 0 Å². The number of nitrogens with zero attached hydrogens (tertiary/aromatic N) is 4. The second-order valence-corrected chi connectivity index (χ2v) is 8.16. The number of pyridine rings is 1. The number of rotatable bonds is 7. The quantitative estimate of drug-likeness (QED) is 0.705. The molecule has 9 heteroatoms. The molecular formula is C14H20N4O3S2. The van der Waals surface area contributed by atoms with E-state index in [0.717, 1.165) is 0 Å². The second kappa shape index (κ2) is 7.41. The standard InChI is InChI=1S/C14H20N4O3S2/c1-5-18(6-2)23(19,20)12-7-8-13(15-9-12)22-10(3)14-16-11(4)17-21-14/h7-10H,5-6H2,1-4H3. The SMILES string of the molecule is CCN(CC)S(=O)(=O)c1ccc(SC(C)c2nc(C)no2)nc1. The summed E-state index contributed by atoms with van der Waals surface area (Å²) in [6, 6.07) is 3.27. The first-order chi connectivity index (χ1) is 10.9. The molecule has 0 N–H and O–H groups in total. The summed E-state index contributed by atoms with van der Waals surface area (Å²) in [5.74, 6) is 1.11. The minimum absolute atomic E-state index is 0.0612. The van der Waals surface area contributed by atoms with Crippen LogP contribution in [0.15, 0.2) is 32.8 Å². The fourth-order valence-corrected chi connectivity index (χ4v) is 4.23. The summed E-state index contributed by atoms with van der Waals surface area (Å²) in [6.07, 6.45) is 1.39. The normalized spacial score (nSPS) is 13.4. The van der Waals surface area contributed by atoms with E-state index < -0.39 is 10.0 Å². The van der Waals surface area contributed by atoms with Crippen LogP contribution in [0.1, 0.15) is 37.7 Å². The van der Waals surface area contributed by atoms with Gasteiger partial charge >= 0.3 is 0 Å². The van der Waals surface area contributed by atoms with E-state index in [9.17, 15) is 8.42 Å². The Balaban J connectivity index is 2.13. The molecule has 0 spiro atoms. The van der Waals surface area contributed by atoms with Crippen LogP contribution in [0.3, 0.4) is 0 Å². The van der Waals surface area contributed by atoms with Gasteiger partial charge in [0.2, 0.25) is 15.9 Å². The predicted octanol–water partition coefficient (Wildman–Crippen LogP) is 2.66. The van der Waals surface area contributed by atoms with Crippen molar-refractivity contribution in [2.24, 2.45) is 0 Å². The highest BCUT2D eigenvalue weighted by Gasteiger charge is 2.22. The van der Waals surface area contributed by atoms with Gasteiger partial charge in [0, 0.05) is 19.3 Å². The topological polar surface area (TPSA) is 89.2 Å². The number of sulfonamides is 1. The predicted molar refractivity (Wildman–Crippen MR) is 87.7 cm³/mol. The molecule has 0 saturated carbocycles. The molecule has 0 amide bonds. The van der Waals surface area contributed by atoms with Gasteiger partial charge in [-0.1, -0.05) is 30.8 Å². The van der Waals surface area contributed by atoms with E-state index in [1.165, 1.54) is 22.3 Å². The van der Waals surface area contributed by atoms with Gasteiger partial charge in [0.15, 0.2) is 5.82 Å². The molecule has 2 aromatic rings. The molecule has 0 aromatic carbocycles. The maximum Gasteiger partial charge on any atom is 0.244 e. The lowest BCUT2D eigenvalue weighted by Gasteiger charge is -2.18. The van der Waals surface area contributed by atoms with Crippen LogP contribution >= 0.6 is 11.8 Å². The van der Waals surface area contributed by atoms with Gasteiger partial charge in [-0.3, -0.25) is 0 Å². The average Bonchev–Trinajstić information content (AvgIpc) is 2.95. The zero-order valence-corrected chi connectivity index (χ0v) is 15.2. The molecule has 0 aliphatic rings. The van der Waals surface area contributed by atoms with Crippen molar-refractivity contribution in [2.75, 3.05) is 13.1 Å². The summed E-state index contributed by atoms with van der Waals surface area (Å²) in [4.78, 5) is 8.62. The number of hydrogen-bond acceptors (Lipinski definition) is 7. The molecule has 0 aliphatic heterocycles. The van der Waals surface area contributed by atoms with E-state index in [0.29, 0.717) is 29.8 Å². The molecule has 1 unspecified atom stereocenters. The van der Waals surface area contributed by atoms with Crippen LogP contribution in [0.2, 0.25) is 0 Å². The summed E-state index contributed by atoms with van der Waals surface area (Å²) in [5, 5.41) is 4.40. The summed E-state index contributed by atoms with van der Waals surface area (Å²) in [7, 11) is -3.47. The fraction of sp³-hybridized carbons (Fsp3) is 0.500. The van der Waals surface area contributed by atoms with Crippen LogP contribution in [-0.4, -0.2) is 40.9 Å². The number of thioether (sulfide) groups is 1. The van der Waals surface area contributed by atoms with E-state index in [4.69, 9.17) is 4.52 Å². The average molecular weight is 356 g/mol. The van der Waals surface area contributed by atoms with Gasteiger partial charge in [-0.25, -0.2) is 13.4 Å². The van der Waals surface area contributed by atoms with Gasteiger partial charge in [0.1, 0.15) is 4.90 Å². The molecule has 7 nitrogen and oxygen atoms in total. The van der Waals surface area contributed by atoms with Gasteiger partial charge < -0.3 is 4.52 Å². The monoisotopic (exact) mass is 356 g/mol. The van der Waals surface area contributed by atoms with E-state index in [1.807, 2.05) is 20.8 Å². The zero-order chi connectivity index (χ0) is 17.0. The molecular weight excluding hydrogens is 336 g/mol. The molecule has 23 heavy (non-hydrogen) atoms. The maximum absolute atomic E-state index is 12.4. The molecule has 0 fully saturated rings. The van der Waals surface area contributed by atoms with Crippen LogP contribution in [0.4, 0.5) is 0 Å². The third kappa shape index (κ3) is 4.10. The molecule has 0 bridgehead atoms. The molecule has 2 rings (SSSR count). The van der Waals surface area contributed by atoms with E-state index in [1.54, 1.807) is 19.1 Å². The first kappa shape index (κ1) is 17.9. The van der Waals surface area contributed by atoms with E-state index in [-0.39, 0.29) is 10.1 Å². The van der Waals surface area contributed by atoms with Crippen LogP contribution < -0.4 is 0 Å². The van der Waals surface area contributed by atoms with Crippen molar-refractivity contribution >= 4 is 21.8 Å². The lowest BCUT2D eigenvalue weighted by Crippen LogP contribution is -2.30. The Morgan fingerprint density at radius 1 is 1.30 bits per heavy atom. The lowest BCUT2D eigenvalue weighted by atomic mass is 10.5. The smallest absolute Gasteiger partial charge is 0.244 e. The first-order valence-corrected chi connectivity index (χ1v) is 9.63. The molecule has 1 atom stereocenters. The molecule has 0 saturated heterocycles. The fourth-order valence-electron chi connectivity index (χ4n) is 2.01. The highest BCUT2D eigenvalue weighted by Crippen LogP contribution is 2.32. The highest BCUT2D eigenvalue weighted by atomic mass is 32.2. The van der Waals surface area contributed by atoms with Gasteiger partial charge in [0.25, 0.3) is 0 Å². The molecule has 2 aromatic heterocycles. The van der Waals surface area contributed by atoms with Gasteiger partial charge in [-0.05, 0) is 26.0 Å². The van der Waals surface area contributed by atoms with E-state index >= 15 is 0 Å². The minimum atomic E-state index is -3.47. The Morgan fingerprint density at radius 2 is 2.00 bits per heavy atom. The Morgan fingerprint density at radius 3 is 2.48 bits per heavy atom. The van der Waals surface area contributed by atoms with Crippen molar-refractivity contribution in [3.05, 3.63) is 30.0 Å². The van der Waals surface area contributed by atoms with Gasteiger partial charge in [-0.15, -0.1) is 0 Å². The Hall–Kier alpha value is -1.45. The number of hydrogen-bond donors (Lipinski definition) is 0. The van der Waals surface area contributed by atoms with Crippen LogP contribution in [0, 0.1) is 6.92 Å². The Labute approximate surface area is 140 Å². The third-order valence-electron chi connectivity index (χ3n) is 3.24. The maximum atomic E-state index is 12.4. The van der Waals surface area contributed by atoms with Crippen molar-refractivity contribution in [2.45, 2.75) is 42.9 Å². The summed E-state index contributed by atoms with van der Waals surface area (Å²) in [6.45, 7) is 8.18. The zero-order valence-electron chi connectivity index (χ0n) is 13.6. The highest BCUT2D eigenvalue weighted by molar-refractivity contribution is 7.99. The van der Waals surface area contributed by atoms with Crippen molar-refractivity contribution < 1.29 is 12.9 Å². The lowest BCUT2D eigenvalue weighted by molar-refractivity contribution is 0.376. The van der Waals surface area contributed by atoms with Crippen LogP contribution in [0.5, 0.6) is 0 Å². The minimum Gasteiger partial charge on any atom is -0.338 e. The summed E-state index contributed by atoms with van der Waals surface area (Å²) in [5.41, 5.74) is 0. The Kier molecular flexibility index (Phi) is 5.77. The largest absolute Gasteiger partial charge is 0.338 e. The van der Waals surface area contributed by atoms with E-state index in [2.05, 4.69) is 15.1 Å². The van der Waals surface area contributed by atoms with Crippen molar-refractivity contribution in [1.82, 2.24) is 19.4 Å². The number of aromatic nitrogens is 3.